The van der Waals surface area contributed by atoms with Crippen molar-refractivity contribution in [1.29, 1.82) is 0 Å². The van der Waals surface area contributed by atoms with Gasteiger partial charge in [-0.3, -0.25) is 0 Å². The maximum absolute atomic E-state index is 5.78. The summed E-state index contributed by atoms with van der Waals surface area (Å²) in [5.74, 6) is 1.51. The third kappa shape index (κ3) is 2.71. The number of nitrogens with zero attached hydrogens (tertiary/aromatic N) is 4. The zero-order valence-electron chi connectivity index (χ0n) is 10.4. The first kappa shape index (κ1) is 11.8. The lowest BCUT2D eigenvalue weighted by Gasteiger charge is -2.17. The summed E-state index contributed by atoms with van der Waals surface area (Å²) in [7, 11) is 0. The van der Waals surface area contributed by atoms with Crippen LogP contribution in [0.1, 0.15) is 26.0 Å². The van der Waals surface area contributed by atoms with Gasteiger partial charge in [0.05, 0.1) is 0 Å². The van der Waals surface area contributed by atoms with E-state index in [1.807, 2.05) is 19.9 Å². The van der Waals surface area contributed by atoms with Gasteiger partial charge in [0.2, 0.25) is 0 Å². The molecule has 0 bridgehead atoms. The number of nitrogens with two attached hydrogens (primary N) is 1. The lowest BCUT2D eigenvalue weighted by atomic mass is 10.1. The molecule has 0 amide bonds. The van der Waals surface area contributed by atoms with Gasteiger partial charge in [-0.1, -0.05) is 0 Å². The topological polar surface area (TPSA) is 81.1 Å². The number of nitrogens with one attached hydrogen (secondary N) is 1. The predicted octanol–water partition coefficient (Wildman–Crippen LogP) is 0.970. The second-order valence-electron chi connectivity index (χ2n) is 4.51. The van der Waals surface area contributed by atoms with Crippen molar-refractivity contribution in [3.05, 3.63) is 18.1 Å². The number of aryl methyl sites for hydroxylation is 1. The van der Waals surface area contributed by atoms with Crippen LogP contribution < -0.4 is 11.1 Å². The molecule has 0 aromatic carbocycles. The fraction of sp³-hybridized carbons (Fsp3) is 0.545. The molecule has 2 rings (SSSR count). The third-order valence-corrected chi connectivity index (χ3v) is 2.50. The van der Waals surface area contributed by atoms with E-state index in [4.69, 9.17) is 5.73 Å². The highest BCUT2D eigenvalue weighted by Crippen LogP contribution is 2.12. The number of rotatable bonds is 4. The average molecular weight is 234 g/mol. The Labute approximate surface area is 100 Å². The molecule has 0 spiro atoms. The molecule has 6 heteroatoms. The van der Waals surface area contributed by atoms with Crippen molar-refractivity contribution < 1.29 is 0 Å². The number of aromatic nitrogens is 4. The van der Waals surface area contributed by atoms with Crippen LogP contribution in [0.25, 0.3) is 5.78 Å². The SMILES string of the molecule is Cc1cc(NC(C)CC(C)N)n2ncnc2n1. The van der Waals surface area contributed by atoms with Gasteiger partial charge in [0, 0.05) is 23.8 Å². The van der Waals surface area contributed by atoms with Gasteiger partial charge in [-0.25, -0.2) is 4.98 Å². The molecular formula is C11H18N6. The molecule has 0 aliphatic carbocycles. The minimum absolute atomic E-state index is 0.173. The Hall–Kier alpha value is -1.69. The van der Waals surface area contributed by atoms with Crippen LogP contribution in [0.4, 0.5) is 5.82 Å². The number of hydrogen-bond acceptors (Lipinski definition) is 5. The van der Waals surface area contributed by atoms with Crippen molar-refractivity contribution in [2.24, 2.45) is 5.73 Å². The van der Waals surface area contributed by atoms with Crippen LogP contribution in [0, 0.1) is 6.92 Å². The summed E-state index contributed by atoms with van der Waals surface area (Å²) >= 11 is 0. The van der Waals surface area contributed by atoms with E-state index in [0.29, 0.717) is 5.78 Å². The van der Waals surface area contributed by atoms with E-state index < -0.39 is 0 Å². The minimum atomic E-state index is 0.173. The van der Waals surface area contributed by atoms with Gasteiger partial charge in [0.1, 0.15) is 12.1 Å². The molecule has 0 saturated heterocycles. The summed E-state index contributed by atoms with van der Waals surface area (Å²) < 4.78 is 1.70. The average Bonchev–Trinajstić information content (AvgIpc) is 2.63. The van der Waals surface area contributed by atoms with E-state index in [9.17, 15) is 0 Å². The van der Waals surface area contributed by atoms with Crippen LogP contribution in [-0.4, -0.2) is 31.7 Å². The van der Waals surface area contributed by atoms with Crippen LogP contribution in [0.5, 0.6) is 0 Å². The predicted molar refractivity (Wildman–Crippen MR) is 66.9 cm³/mol. The molecule has 0 fully saturated rings. The normalized spacial score (nSPS) is 14.8. The molecule has 3 N–H and O–H groups in total. The third-order valence-electron chi connectivity index (χ3n) is 2.50. The molecule has 17 heavy (non-hydrogen) atoms. The van der Waals surface area contributed by atoms with E-state index in [1.54, 1.807) is 4.52 Å². The summed E-state index contributed by atoms with van der Waals surface area (Å²) in [4.78, 5) is 8.37. The highest BCUT2D eigenvalue weighted by molar-refractivity contribution is 5.45. The van der Waals surface area contributed by atoms with Gasteiger partial charge in [-0.2, -0.15) is 14.6 Å². The first-order chi connectivity index (χ1) is 8.06. The summed E-state index contributed by atoms with van der Waals surface area (Å²) in [6, 6.07) is 2.41. The van der Waals surface area contributed by atoms with E-state index in [1.165, 1.54) is 6.33 Å². The van der Waals surface area contributed by atoms with E-state index in [2.05, 4.69) is 27.3 Å². The molecule has 2 aromatic heterocycles. The molecular weight excluding hydrogens is 216 g/mol. The molecule has 2 aromatic rings. The second kappa shape index (κ2) is 4.67. The van der Waals surface area contributed by atoms with Crippen molar-refractivity contribution in [2.45, 2.75) is 39.3 Å². The van der Waals surface area contributed by atoms with Gasteiger partial charge >= 0.3 is 0 Å². The summed E-state index contributed by atoms with van der Waals surface area (Å²) in [6.45, 7) is 6.04. The molecule has 2 heterocycles. The Balaban J connectivity index is 2.25. The highest BCUT2D eigenvalue weighted by atomic mass is 15.4. The van der Waals surface area contributed by atoms with Crippen molar-refractivity contribution in [1.82, 2.24) is 19.6 Å². The van der Waals surface area contributed by atoms with Crippen molar-refractivity contribution in [3.8, 4) is 0 Å². The maximum atomic E-state index is 5.78. The standard InChI is InChI=1S/C11H18N6/c1-7(12)4-8(2)15-10-5-9(3)16-11-13-6-14-17(10)11/h5-8,15H,4,12H2,1-3H3. The van der Waals surface area contributed by atoms with Gasteiger partial charge in [-0.15, -0.1) is 0 Å². The second-order valence-corrected chi connectivity index (χ2v) is 4.51. The summed E-state index contributed by atoms with van der Waals surface area (Å²) in [6.07, 6.45) is 2.40. The van der Waals surface area contributed by atoms with Crippen LogP contribution in [-0.2, 0) is 0 Å². The lowest BCUT2D eigenvalue weighted by molar-refractivity contribution is 0.601. The van der Waals surface area contributed by atoms with Crippen molar-refractivity contribution in [2.75, 3.05) is 5.32 Å². The first-order valence-electron chi connectivity index (χ1n) is 5.75. The smallest absolute Gasteiger partial charge is 0.254 e. The number of fused-ring (bicyclic) bond motifs is 1. The lowest BCUT2D eigenvalue weighted by Crippen LogP contribution is -2.27. The van der Waals surface area contributed by atoms with Crippen molar-refractivity contribution >= 4 is 11.6 Å². The zero-order chi connectivity index (χ0) is 12.4. The fourth-order valence-electron chi connectivity index (χ4n) is 1.90. The van der Waals surface area contributed by atoms with E-state index in [0.717, 1.165) is 17.9 Å². The molecule has 2 unspecified atom stereocenters. The van der Waals surface area contributed by atoms with Gasteiger partial charge in [0.15, 0.2) is 0 Å². The molecule has 6 nitrogen and oxygen atoms in total. The number of anilines is 1. The molecule has 92 valence electrons. The summed E-state index contributed by atoms with van der Waals surface area (Å²) in [5.41, 5.74) is 6.70. The van der Waals surface area contributed by atoms with Gasteiger partial charge in [-0.05, 0) is 27.2 Å². The van der Waals surface area contributed by atoms with Gasteiger partial charge < -0.3 is 11.1 Å². The molecule has 0 aliphatic rings. The maximum Gasteiger partial charge on any atom is 0.254 e. The van der Waals surface area contributed by atoms with Crippen LogP contribution >= 0.6 is 0 Å². The minimum Gasteiger partial charge on any atom is -0.367 e. The Bertz CT molecular complexity index is 504. The largest absolute Gasteiger partial charge is 0.367 e. The molecule has 0 aliphatic heterocycles. The monoisotopic (exact) mass is 234 g/mol. The van der Waals surface area contributed by atoms with Crippen LogP contribution in [0.2, 0.25) is 0 Å². The Morgan fingerprint density at radius 1 is 1.47 bits per heavy atom. The first-order valence-corrected chi connectivity index (χ1v) is 5.75. The number of hydrogen-bond donors (Lipinski definition) is 2. The summed E-state index contributed by atoms with van der Waals surface area (Å²) in [5, 5.41) is 7.52. The molecule has 0 saturated carbocycles. The zero-order valence-corrected chi connectivity index (χ0v) is 10.4. The molecule has 0 radical (unpaired) electrons. The van der Waals surface area contributed by atoms with E-state index in [-0.39, 0.29) is 12.1 Å². The van der Waals surface area contributed by atoms with Crippen LogP contribution in [0.3, 0.4) is 0 Å². The van der Waals surface area contributed by atoms with E-state index >= 15 is 0 Å². The Morgan fingerprint density at radius 3 is 2.94 bits per heavy atom. The highest BCUT2D eigenvalue weighted by Gasteiger charge is 2.09. The molecule has 2 atom stereocenters. The van der Waals surface area contributed by atoms with Crippen molar-refractivity contribution in [3.63, 3.8) is 0 Å². The Kier molecular flexibility index (Phi) is 3.23. The van der Waals surface area contributed by atoms with Crippen LogP contribution in [0.15, 0.2) is 12.4 Å². The quantitative estimate of drug-likeness (QED) is 0.824. The Morgan fingerprint density at radius 2 is 2.24 bits per heavy atom. The van der Waals surface area contributed by atoms with Gasteiger partial charge in [0.25, 0.3) is 5.78 Å². The fourth-order valence-corrected chi connectivity index (χ4v) is 1.90.